The Bertz CT molecular complexity index is 486. The van der Waals surface area contributed by atoms with Gasteiger partial charge in [-0.1, -0.05) is 37.5 Å². The lowest BCUT2D eigenvalue weighted by molar-refractivity contribution is 0.850. The molecular weight excluding hydrogens is 208 g/mol. The molecule has 0 aliphatic carbocycles. The number of likely N-dealkylation sites (N-methyl/N-ethyl adjacent to an activating group) is 1. The minimum Gasteiger partial charge on any atom is -0.360 e. The maximum absolute atomic E-state index is 3.86. The van der Waals surface area contributed by atoms with Crippen LogP contribution in [0.1, 0.15) is 5.56 Å². The molecule has 2 nitrogen and oxygen atoms in total. The second kappa shape index (κ2) is 4.50. The van der Waals surface area contributed by atoms with Crippen LogP contribution in [-0.4, -0.2) is 13.2 Å². The van der Waals surface area contributed by atoms with E-state index in [1.807, 2.05) is 12.2 Å². The van der Waals surface area contributed by atoms with E-state index >= 15 is 0 Å². The highest BCUT2D eigenvalue weighted by atomic mass is 15.3. The molecule has 0 spiro atoms. The van der Waals surface area contributed by atoms with Crippen molar-refractivity contribution < 1.29 is 0 Å². The van der Waals surface area contributed by atoms with Crippen molar-refractivity contribution >= 4 is 11.4 Å². The van der Waals surface area contributed by atoms with Gasteiger partial charge in [0, 0.05) is 7.05 Å². The summed E-state index contributed by atoms with van der Waals surface area (Å²) in [4.78, 5) is 2.21. The normalized spacial score (nSPS) is 18.6. The van der Waals surface area contributed by atoms with Crippen LogP contribution in [-0.2, 0) is 0 Å². The topological polar surface area (TPSA) is 15.3 Å². The minimum atomic E-state index is 0.141. The molecule has 17 heavy (non-hydrogen) atoms. The monoisotopic (exact) mass is 226 g/mol. The molecule has 0 fully saturated rings. The van der Waals surface area contributed by atoms with Crippen LogP contribution in [0.4, 0.5) is 11.4 Å². The molecule has 1 aromatic carbocycles. The summed E-state index contributed by atoms with van der Waals surface area (Å²) in [5.74, 6) is 0. The number of hydrogen-bond donors (Lipinski definition) is 1. The molecule has 0 saturated heterocycles. The summed E-state index contributed by atoms with van der Waals surface area (Å²) in [5.41, 5.74) is 4.78. The second-order valence-corrected chi connectivity index (χ2v) is 4.28. The van der Waals surface area contributed by atoms with Gasteiger partial charge in [0.05, 0.1) is 11.4 Å². The highest BCUT2D eigenvalue weighted by Crippen LogP contribution is 2.36. The van der Waals surface area contributed by atoms with E-state index in [0.29, 0.717) is 0 Å². The van der Waals surface area contributed by atoms with Gasteiger partial charge in [-0.2, -0.15) is 0 Å². The molecule has 0 bridgehead atoms. The largest absolute Gasteiger partial charge is 0.360 e. The van der Waals surface area contributed by atoms with E-state index in [0.717, 1.165) is 5.57 Å². The Kier molecular flexibility index (Phi) is 3.05. The molecule has 2 heteroatoms. The van der Waals surface area contributed by atoms with Crippen molar-refractivity contribution in [1.82, 2.24) is 0 Å². The van der Waals surface area contributed by atoms with Gasteiger partial charge in [0.25, 0.3) is 0 Å². The predicted octanol–water partition coefficient (Wildman–Crippen LogP) is 3.48. The number of hydrogen-bond acceptors (Lipinski definition) is 2. The Morgan fingerprint density at radius 3 is 2.82 bits per heavy atom. The molecule has 88 valence electrons. The fourth-order valence-corrected chi connectivity index (χ4v) is 2.17. The van der Waals surface area contributed by atoms with Gasteiger partial charge >= 0.3 is 0 Å². The number of rotatable bonds is 3. The number of allylic oxidation sites excluding steroid dienone is 2. The third-order valence-corrected chi connectivity index (χ3v) is 3.07. The molecule has 1 aliphatic heterocycles. The maximum Gasteiger partial charge on any atom is 0.125 e. The van der Waals surface area contributed by atoms with Crippen LogP contribution in [0.3, 0.4) is 0 Å². The maximum atomic E-state index is 3.86. The van der Waals surface area contributed by atoms with E-state index < -0.39 is 0 Å². The minimum absolute atomic E-state index is 0.141. The van der Waals surface area contributed by atoms with Crippen molar-refractivity contribution in [1.29, 1.82) is 0 Å². The van der Waals surface area contributed by atoms with E-state index in [4.69, 9.17) is 0 Å². The SMILES string of the molecule is C=C/C=C(\C=C)C1Nc2cc(C)ccc2N1C. The highest BCUT2D eigenvalue weighted by molar-refractivity contribution is 5.78. The number of nitrogens with one attached hydrogen (secondary N) is 1. The molecule has 1 heterocycles. The number of nitrogens with zero attached hydrogens (tertiary/aromatic N) is 1. The Morgan fingerprint density at radius 2 is 2.18 bits per heavy atom. The molecule has 0 amide bonds. The summed E-state index contributed by atoms with van der Waals surface area (Å²) in [6, 6.07) is 6.44. The second-order valence-electron chi connectivity index (χ2n) is 4.28. The molecule has 1 unspecified atom stereocenters. The first-order valence-electron chi connectivity index (χ1n) is 5.72. The quantitative estimate of drug-likeness (QED) is 0.794. The Balaban J connectivity index is 2.36. The van der Waals surface area contributed by atoms with Crippen molar-refractivity contribution in [3.63, 3.8) is 0 Å². The number of anilines is 2. The van der Waals surface area contributed by atoms with Gasteiger partial charge in [0.2, 0.25) is 0 Å². The van der Waals surface area contributed by atoms with Gasteiger partial charge in [0.1, 0.15) is 6.17 Å². The summed E-state index contributed by atoms with van der Waals surface area (Å²) in [5, 5.41) is 3.50. The van der Waals surface area contributed by atoms with Gasteiger partial charge in [-0.25, -0.2) is 0 Å². The van der Waals surface area contributed by atoms with Crippen LogP contribution in [0.2, 0.25) is 0 Å². The van der Waals surface area contributed by atoms with Crippen molar-refractivity contribution in [3.8, 4) is 0 Å². The van der Waals surface area contributed by atoms with E-state index in [-0.39, 0.29) is 6.17 Å². The van der Waals surface area contributed by atoms with Crippen molar-refractivity contribution in [2.75, 3.05) is 17.3 Å². The van der Waals surface area contributed by atoms with Crippen LogP contribution in [0.15, 0.2) is 55.2 Å². The van der Waals surface area contributed by atoms with Gasteiger partial charge in [-0.15, -0.1) is 0 Å². The van der Waals surface area contributed by atoms with Gasteiger partial charge < -0.3 is 10.2 Å². The van der Waals surface area contributed by atoms with E-state index in [1.165, 1.54) is 16.9 Å². The van der Waals surface area contributed by atoms with Gasteiger partial charge in [-0.3, -0.25) is 0 Å². The lowest BCUT2D eigenvalue weighted by atomic mass is 10.2. The van der Waals surface area contributed by atoms with Crippen LogP contribution in [0, 0.1) is 6.92 Å². The van der Waals surface area contributed by atoms with Crippen molar-refractivity contribution in [2.45, 2.75) is 13.1 Å². The van der Waals surface area contributed by atoms with Crippen molar-refractivity contribution in [3.05, 3.63) is 60.7 Å². The molecule has 0 radical (unpaired) electrons. The molecule has 1 atom stereocenters. The first-order chi connectivity index (χ1) is 8.17. The molecule has 0 aromatic heterocycles. The fourth-order valence-electron chi connectivity index (χ4n) is 2.17. The number of fused-ring (bicyclic) bond motifs is 1. The van der Waals surface area contributed by atoms with Gasteiger partial charge in [0.15, 0.2) is 0 Å². The van der Waals surface area contributed by atoms with E-state index in [2.05, 4.69) is 55.5 Å². The van der Waals surface area contributed by atoms with Gasteiger partial charge in [-0.05, 0) is 30.2 Å². The lowest BCUT2D eigenvalue weighted by Crippen LogP contribution is -2.33. The van der Waals surface area contributed by atoms with E-state index in [9.17, 15) is 0 Å². The first-order valence-corrected chi connectivity index (χ1v) is 5.72. The van der Waals surface area contributed by atoms with Crippen LogP contribution in [0.5, 0.6) is 0 Å². The highest BCUT2D eigenvalue weighted by Gasteiger charge is 2.26. The molecule has 1 aromatic rings. The lowest BCUT2D eigenvalue weighted by Gasteiger charge is -2.23. The molecule has 1 aliphatic rings. The predicted molar refractivity (Wildman–Crippen MR) is 75.5 cm³/mol. The number of aryl methyl sites for hydroxylation is 1. The average molecular weight is 226 g/mol. The third-order valence-electron chi connectivity index (χ3n) is 3.07. The van der Waals surface area contributed by atoms with Crippen LogP contribution in [0.25, 0.3) is 0 Å². The zero-order chi connectivity index (χ0) is 12.4. The molecule has 2 rings (SSSR count). The third kappa shape index (κ3) is 1.98. The summed E-state index contributed by atoms with van der Waals surface area (Å²) in [7, 11) is 2.08. The fraction of sp³-hybridized carbons (Fsp3) is 0.200. The molecule has 1 N–H and O–H groups in total. The smallest absolute Gasteiger partial charge is 0.125 e. The summed E-state index contributed by atoms with van der Waals surface area (Å²) < 4.78 is 0. The Hall–Kier alpha value is -1.96. The number of benzene rings is 1. The van der Waals surface area contributed by atoms with Crippen molar-refractivity contribution in [2.24, 2.45) is 0 Å². The molecular formula is C15H18N2. The zero-order valence-corrected chi connectivity index (χ0v) is 10.4. The van der Waals surface area contributed by atoms with Crippen LogP contribution >= 0.6 is 0 Å². The summed E-state index contributed by atoms with van der Waals surface area (Å²) >= 11 is 0. The Morgan fingerprint density at radius 1 is 1.41 bits per heavy atom. The molecule has 0 saturated carbocycles. The average Bonchev–Trinajstić information content (AvgIpc) is 2.63. The standard InChI is InChI=1S/C15H18N2/c1-5-7-12(6-2)15-16-13-10-11(3)8-9-14(13)17(15)4/h5-10,15-16H,1-2H2,3-4H3/b12-7+. The first kappa shape index (κ1) is 11.5. The summed E-state index contributed by atoms with van der Waals surface area (Å²) in [6.07, 6.45) is 5.79. The Labute approximate surface area is 103 Å². The van der Waals surface area contributed by atoms with Crippen LogP contribution < -0.4 is 10.2 Å². The van der Waals surface area contributed by atoms with E-state index in [1.54, 1.807) is 6.08 Å². The summed E-state index contributed by atoms with van der Waals surface area (Å²) in [6.45, 7) is 9.69. The zero-order valence-electron chi connectivity index (χ0n) is 10.4.